The summed E-state index contributed by atoms with van der Waals surface area (Å²) in [6.45, 7) is 0.117. The lowest BCUT2D eigenvalue weighted by Gasteiger charge is -2.16. The molecular weight excluding hydrogens is 212 g/mol. The van der Waals surface area contributed by atoms with E-state index in [9.17, 15) is 9.59 Å². The first-order chi connectivity index (χ1) is 7.59. The Kier molecular flexibility index (Phi) is 2.43. The largest absolute Gasteiger partial charge is 0.481 e. The van der Waals surface area contributed by atoms with Crippen molar-refractivity contribution in [3.8, 4) is 0 Å². The fourth-order valence-electron chi connectivity index (χ4n) is 1.65. The molecule has 0 bridgehead atoms. The Morgan fingerprint density at radius 2 is 2.38 bits per heavy atom. The van der Waals surface area contributed by atoms with Crippen molar-refractivity contribution in [2.45, 2.75) is 6.42 Å². The van der Waals surface area contributed by atoms with Gasteiger partial charge in [-0.1, -0.05) is 0 Å². The number of carboxylic acids is 1. The second-order valence-corrected chi connectivity index (χ2v) is 3.54. The summed E-state index contributed by atoms with van der Waals surface area (Å²) in [5, 5.41) is 8.82. The molecule has 2 rings (SSSR count). The lowest BCUT2D eigenvalue weighted by atomic mass is 10.1. The van der Waals surface area contributed by atoms with Crippen LogP contribution >= 0.6 is 0 Å². The normalized spacial score (nSPS) is 20.1. The van der Waals surface area contributed by atoms with E-state index in [0.717, 1.165) is 0 Å². The monoisotopic (exact) mass is 222 g/mol. The minimum absolute atomic E-state index is 0.0103. The lowest BCUT2D eigenvalue weighted by molar-refractivity contribution is -0.141. The van der Waals surface area contributed by atoms with E-state index in [0.29, 0.717) is 5.69 Å². The topological polar surface area (TPSA) is 109 Å². The second-order valence-electron chi connectivity index (χ2n) is 3.54. The van der Waals surface area contributed by atoms with Crippen LogP contribution in [0.1, 0.15) is 6.42 Å². The molecule has 0 aliphatic carbocycles. The van der Waals surface area contributed by atoms with E-state index in [-0.39, 0.29) is 24.7 Å². The Balaban J connectivity index is 2.27. The number of hydrogen-bond donors (Lipinski definition) is 2. The van der Waals surface area contributed by atoms with Crippen LogP contribution in [-0.4, -0.2) is 33.5 Å². The van der Waals surface area contributed by atoms with E-state index in [1.807, 2.05) is 0 Å². The van der Waals surface area contributed by atoms with Crippen LogP contribution in [-0.2, 0) is 9.59 Å². The number of carboxylic acid groups (broad SMARTS) is 1. The van der Waals surface area contributed by atoms with Crippen molar-refractivity contribution in [2.24, 2.45) is 5.92 Å². The molecule has 1 saturated heterocycles. The number of amides is 1. The zero-order chi connectivity index (χ0) is 11.7. The highest BCUT2D eigenvalue weighted by molar-refractivity contribution is 6.00. The maximum atomic E-state index is 11.6. The van der Waals surface area contributed by atoms with E-state index in [2.05, 4.69) is 9.97 Å². The SMILES string of the molecule is Nc1ncncc1N1CC(C(=O)O)CC1=O. The number of nitrogens with two attached hydrogens (primary N) is 1. The number of carbonyl (C=O) groups excluding carboxylic acids is 1. The first-order valence-electron chi connectivity index (χ1n) is 4.68. The van der Waals surface area contributed by atoms with Crippen LogP contribution in [0.5, 0.6) is 0 Å². The molecule has 2 heterocycles. The highest BCUT2D eigenvalue weighted by Gasteiger charge is 2.36. The number of anilines is 2. The van der Waals surface area contributed by atoms with Gasteiger partial charge in [-0.2, -0.15) is 0 Å². The average Bonchev–Trinajstić information content (AvgIpc) is 2.61. The summed E-state index contributed by atoms with van der Waals surface area (Å²) in [5.41, 5.74) is 5.96. The molecule has 1 fully saturated rings. The summed E-state index contributed by atoms with van der Waals surface area (Å²) in [4.78, 5) is 31.2. The maximum Gasteiger partial charge on any atom is 0.308 e. The Bertz CT molecular complexity index is 448. The lowest BCUT2D eigenvalue weighted by Crippen LogP contribution is -2.27. The van der Waals surface area contributed by atoms with Gasteiger partial charge in [0.2, 0.25) is 5.91 Å². The molecule has 1 aliphatic rings. The molecule has 7 heteroatoms. The molecule has 84 valence electrons. The van der Waals surface area contributed by atoms with Crippen molar-refractivity contribution in [1.29, 1.82) is 0 Å². The van der Waals surface area contributed by atoms with Crippen molar-refractivity contribution >= 4 is 23.4 Å². The third-order valence-electron chi connectivity index (χ3n) is 2.49. The van der Waals surface area contributed by atoms with Crippen molar-refractivity contribution in [1.82, 2.24) is 9.97 Å². The minimum Gasteiger partial charge on any atom is -0.481 e. The fourth-order valence-corrected chi connectivity index (χ4v) is 1.65. The highest BCUT2D eigenvalue weighted by Crippen LogP contribution is 2.27. The molecule has 1 unspecified atom stereocenters. The molecule has 1 aliphatic heterocycles. The smallest absolute Gasteiger partial charge is 0.308 e. The molecular formula is C9H10N4O3. The number of aromatic nitrogens is 2. The van der Waals surface area contributed by atoms with Crippen molar-refractivity contribution in [3.05, 3.63) is 12.5 Å². The number of aliphatic carboxylic acids is 1. The predicted octanol–water partition coefficient (Wildman–Crippen LogP) is -0.504. The molecule has 7 nitrogen and oxygen atoms in total. The number of carbonyl (C=O) groups is 2. The van der Waals surface area contributed by atoms with Gasteiger partial charge in [-0.05, 0) is 0 Å². The quantitative estimate of drug-likeness (QED) is 0.697. The molecule has 0 aromatic carbocycles. The highest BCUT2D eigenvalue weighted by atomic mass is 16.4. The second kappa shape index (κ2) is 3.76. The Hall–Kier alpha value is -2.18. The van der Waals surface area contributed by atoms with E-state index in [1.165, 1.54) is 17.4 Å². The molecule has 1 atom stereocenters. The number of nitrogen functional groups attached to an aromatic ring is 1. The van der Waals surface area contributed by atoms with Gasteiger partial charge in [0.25, 0.3) is 0 Å². The third kappa shape index (κ3) is 1.67. The summed E-state index contributed by atoms with van der Waals surface area (Å²) in [6, 6.07) is 0. The van der Waals surface area contributed by atoms with Crippen LogP contribution in [0.3, 0.4) is 0 Å². The van der Waals surface area contributed by atoms with Crippen molar-refractivity contribution in [2.75, 3.05) is 17.2 Å². The van der Waals surface area contributed by atoms with Gasteiger partial charge >= 0.3 is 5.97 Å². The zero-order valence-corrected chi connectivity index (χ0v) is 8.33. The predicted molar refractivity (Wildman–Crippen MR) is 54.5 cm³/mol. The Morgan fingerprint density at radius 3 is 2.94 bits per heavy atom. The summed E-state index contributed by atoms with van der Waals surface area (Å²) < 4.78 is 0. The summed E-state index contributed by atoms with van der Waals surface area (Å²) >= 11 is 0. The van der Waals surface area contributed by atoms with Crippen LogP contribution < -0.4 is 10.6 Å². The van der Waals surface area contributed by atoms with Gasteiger partial charge in [0.15, 0.2) is 5.82 Å². The molecule has 0 radical (unpaired) electrons. The maximum absolute atomic E-state index is 11.6. The molecule has 1 aromatic heterocycles. The molecule has 0 spiro atoms. The average molecular weight is 222 g/mol. The van der Waals surface area contributed by atoms with E-state index in [1.54, 1.807) is 0 Å². The van der Waals surface area contributed by atoms with Gasteiger partial charge in [-0.15, -0.1) is 0 Å². The van der Waals surface area contributed by atoms with Crippen LogP contribution in [0.4, 0.5) is 11.5 Å². The van der Waals surface area contributed by atoms with Gasteiger partial charge in [0, 0.05) is 13.0 Å². The van der Waals surface area contributed by atoms with Gasteiger partial charge in [-0.3, -0.25) is 9.59 Å². The first kappa shape index (κ1) is 10.3. The van der Waals surface area contributed by atoms with Crippen LogP contribution in [0.25, 0.3) is 0 Å². The van der Waals surface area contributed by atoms with Gasteiger partial charge in [0.1, 0.15) is 12.0 Å². The summed E-state index contributed by atoms with van der Waals surface area (Å²) in [7, 11) is 0. The molecule has 1 amide bonds. The zero-order valence-electron chi connectivity index (χ0n) is 8.33. The van der Waals surface area contributed by atoms with Crippen molar-refractivity contribution < 1.29 is 14.7 Å². The van der Waals surface area contributed by atoms with Crippen LogP contribution in [0, 0.1) is 5.92 Å². The van der Waals surface area contributed by atoms with Gasteiger partial charge in [-0.25, -0.2) is 9.97 Å². The first-order valence-corrected chi connectivity index (χ1v) is 4.68. The van der Waals surface area contributed by atoms with Crippen LogP contribution in [0.15, 0.2) is 12.5 Å². The van der Waals surface area contributed by atoms with Crippen LogP contribution in [0.2, 0.25) is 0 Å². The van der Waals surface area contributed by atoms with Gasteiger partial charge < -0.3 is 15.7 Å². The minimum atomic E-state index is -0.980. The molecule has 0 saturated carbocycles. The Labute approximate surface area is 90.9 Å². The van der Waals surface area contributed by atoms with E-state index in [4.69, 9.17) is 10.8 Å². The third-order valence-corrected chi connectivity index (χ3v) is 2.49. The summed E-state index contributed by atoms with van der Waals surface area (Å²) in [6.07, 6.45) is 2.67. The van der Waals surface area contributed by atoms with Gasteiger partial charge in [0.05, 0.1) is 12.1 Å². The van der Waals surface area contributed by atoms with E-state index >= 15 is 0 Å². The molecule has 1 aromatic rings. The number of nitrogens with zero attached hydrogens (tertiary/aromatic N) is 3. The number of rotatable bonds is 2. The standard InChI is InChI=1S/C9H10N4O3/c10-8-6(2-11-4-12-8)13-3-5(9(15)16)1-7(13)14/h2,4-5H,1,3H2,(H,15,16)(H2,10,11,12). The van der Waals surface area contributed by atoms with E-state index < -0.39 is 11.9 Å². The van der Waals surface area contributed by atoms with Crippen molar-refractivity contribution in [3.63, 3.8) is 0 Å². The Morgan fingerprint density at radius 1 is 1.62 bits per heavy atom. The number of hydrogen-bond acceptors (Lipinski definition) is 5. The summed E-state index contributed by atoms with van der Waals surface area (Å²) in [5.74, 6) is -1.76. The molecule has 3 N–H and O–H groups in total. The fraction of sp³-hybridized carbons (Fsp3) is 0.333. The molecule has 16 heavy (non-hydrogen) atoms.